The second-order valence-electron chi connectivity index (χ2n) is 5.04. The van der Waals surface area contributed by atoms with E-state index >= 15 is 0 Å². The Balaban J connectivity index is 2.32. The second-order valence-corrected chi connectivity index (χ2v) is 5.04. The molecule has 0 saturated heterocycles. The lowest BCUT2D eigenvalue weighted by molar-refractivity contribution is 0.0129. The van der Waals surface area contributed by atoms with Gasteiger partial charge in [-0.15, -0.1) is 0 Å². The van der Waals surface area contributed by atoms with Crippen molar-refractivity contribution in [3.8, 4) is 0 Å². The van der Waals surface area contributed by atoms with Crippen LogP contribution in [0.2, 0.25) is 0 Å². The number of nitrogens with zero attached hydrogens (tertiary/aromatic N) is 3. The zero-order chi connectivity index (χ0) is 16.0. The van der Waals surface area contributed by atoms with Crippen LogP contribution in [-0.2, 0) is 10.4 Å². The molecule has 3 aromatic rings. The molecule has 4 nitrogen and oxygen atoms in total. The van der Waals surface area contributed by atoms with Crippen LogP contribution in [0, 0.1) is 0 Å². The summed E-state index contributed by atoms with van der Waals surface area (Å²) in [5.74, 6) is 0. The molecule has 0 aromatic heterocycles. The van der Waals surface area contributed by atoms with Crippen LogP contribution in [0.4, 0.5) is 0 Å². The summed E-state index contributed by atoms with van der Waals surface area (Å²) in [7, 11) is 0. The lowest BCUT2D eigenvalue weighted by atomic mass is 9.80. The standard InChI is InChI=1S/C19H15N3O/c20-21-22-23-19(16-10-4-1-5-11-16,17-12-6-2-7-13-17)18-14-8-3-9-15-18/h1-15H. The van der Waals surface area contributed by atoms with E-state index in [-0.39, 0.29) is 0 Å². The number of rotatable bonds is 5. The van der Waals surface area contributed by atoms with Gasteiger partial charge in [0.25, 0.3) is 0 Å². The molecule has 0 spiro atoms. The molecule has 0 saturated carbocycles. The Labute approximate surface area is 134 Å². The van der Waals surface area contributed by atoms with E-state index in [9.17, 15) is 0 Å². The first-order valence-corrected chi connectivity index (χ1v) is 7.27. The van der Waals surface area contributed by atoms with Gasteiger partial charge in [0, 0.05) is 21.6 Å². The molecule has 0 fully saturated rings. The number of hydrogen-bond acceptors (Lipinski definition) is 2. The first-order chi connectivity index (χ1) is 11.4. The largest absolute Gasteiger partial charge is 0.412 e. The topological polar surface area (TPSA) is 58.0 Å². The first kappa shape index (κ1) is 14.7. The maximum Gasteiger partial charge on any atom is 0.193 e. The zero-order valence-electron chi connectivity index (χ0n) is 12.4. The Morgan fingerprint density at radius 1 is 0.652 bits per heavy atom. The summed E-state index contributed by atoms with van der Waals surface area (Å²) in [4.78, 5) is 8.55. The highest BCUT2D eigenvalue weighted by Crippen LogP contribution is 2.40. The average molecular weight is 301 g/mol. The molecule has 0 radical (unpaired) electrons. The molecule has 3 rings (SSSR count). The molecule has 112 valence electrons. The van der Waals surface area contributed by atoms with Gasteiger partial charge in [0.2, 0.25) is 0 Å². The third-order valence-electron chi connectivity index (χ3n) is 3.76. The molecule has 0 aliphatic rings. The highest BCUT2D eigenvalue weighted by atomic mass is 16.7. The van der Waals surface area contributed by atoms with Gasteiger partial charge in [0.05, 0.1) is 0 Å². The van der Waals surface area contributed by atoms with Crippen molar-refractivity contribution in [2.75, 3.05) is 0 Å². The van der Waals surface area contributed by atoms with Gasteiger partial charge in [-0.25, -0.2) is 0 Å². The van der Waals surface area contributed by atoms with Crippen LogP contribution in [0.3, 0.4) is 0 Å². The fourth-order valence-electron chi connectivity index (χ4n) is 2.76. The molecule has 4 heteroatoms. The molecule has 0 heterocycles. The number of hydrogen-bond donors (Lipinski definition) is 0. The van der Waals surface area contributed by atoms with E-state index in [1.54, 1.807) is 0 Å². The van der Waals surface area contributed by atoms with E-state index in [0.717, 1.165) is 16.7 Å². The quantitative estimate of drug-likeness (QED) is 0.209. The normalized spacial score (nSPS) is 10.6. The van der Waals surface area contributed by atoms with E-state index in [2.05, 4.69) is 10.2 Å². The van der Waals surface area contributed by atoms with E-state index in [1.165, 1.54) is 0 Å². The summed E-state index contributed by atoms with van der Waals surface area (Å²) < 4.78 is 0. The van der Waals surface area contributed by atoms with Gasteiger partial charge in [-0.2, -0.15) is 0 Å². The number of azide groups is 1. The molecule has 0 N–H and O–H groups in total. The maximum atomic E-state index is 8.80. The van der Waals surface area contributed by atoms with Gasteiger partial charge >= 0.3 is 0 Å². The van der Waals surface area contributed by atoms with Crippen molar-refractivity contribution in [1.29, 1.82) is 0 Å². The smallest absolute Gasteiger partial charge is 0.193 e. The fourth-order valence-corrected chi connectivity index (χ4v) is 2.76. The lowest BCUT2D eigenvalue weighted by Gasteiger charge is -2.33. The summed E-state index contributed by atoms with van der Waals surface area (Å²) in [6.07, 6.45) is 0. The van der Waals surface area contributed by atoms with Crippen molar-refractivity contribution in [3.05, 3.63) is 118 Å². The summed E-state index contributed by atoms with van der Waals surface area (Å²) in [6.45, 7) is 0. The first-order valence-electron chi connectivity index (χ1n) is 7.27. The minimum atomic E-state index is -0.990. The summed E-state index contributed by atoms with van der Waals surface area (Å²) in [6, 6.07) is 29.3. The molecular weight excluding hydrogens is 286 g/mol. The van der Waals surface area contributed by atoms with E-state index in [0.29, 0.717) is 0 Å². The lowest BCUT2D eigenvalue weighted by Crippen LogP contribution is -2.31. The monoisotopic (exact) mass is 301 g/mol. The van der Waals surface area contributed by atoms with Gasteiger partial charge in [0.15, 0.2) is 5.60 Å². The summed E-state index contributed by atoms with van der Waals surface area (Å²) >= 11 is 0. The van der Waals surface area contributed by atoms with Crippen LogP contribution in [0.25, 0.3) is 10.4 Å². The third-order valence-corrected chi connectivity index (χ3v) is 3.76. The Hall–Kier alpha value is -3.23. The predicted octanol–water partition coefficient (Wildman–Crippen LogP) is 5.22. The summed E-state index contributed by atoms with van der Waals surface area (Å²) in [5.41, 5.74) is 10.5. The highest BCUT2D eigenvalue weighted by Gasteiger charge is 2.38. The van der Waals surface area contributed by atoms with Crippen LogP contribution in [0.1, 0.15) is 16.7 Å². The van der Waals surface area contributed by atoms with Gasteiger partial charge in [0.1, 0.15) is 5.28 Å². The molecule has 0 unspecified atom stereocenters. The molecule has 0 bridgehead atoms. The van der Waals surface area contributed by atoms with Crippen molar-refractivity contribution in [3.63, 3.8) is 0 Å². The molecular formula is C19H15N3O. The zero-order valence-corrected chi connectivity index (χ0v) is 12.4. The number of benzene rings is 3. The van der Waals surface area contributed by atoms with Crippen molar-refractivity contribution < 1.29 is 4.84 Å². The van der Waals surface area contributed by atoms with Crippen molar-refractivity contribution >= 4 is 0 Å². The molecule has 0 atom stereocenters. The van der Waals surface area contributed by atoms with Crippen LogP contribution < -0.4 is 0 Å². The van der Waals surface area contributed by atoms with Crippen LogP contribution in [-0.4, -0.2) is 0 Å². The molecule has 0 amide bonds. The minimum absolute atomic E-state index is 0.893. The third kappa shape index (κ3) is 2.76. The van der Waals surface area contributed by atoms with E-state index in [4.69, 9.17) is 10.4 Å². The fraction of sp³-hybridized carbons (Fsp3) is 0.0526. The Kier molecular flexibility index (Phi) is 4.27. The van der Waals surface area contributed by atoms with Crippen molar-refractivity contribution in [2.24, 2.45) is 5.28 Å². The van der Waals surface area contributed by atoms with Crippen LogP contribution >= 0.6 is 0 Å². The Bertz CT molecular complexity index is 701. The van der Waals surface area contributed by atoms with E-state index in [1.807, 2.05) is 91.0 Å². The van der Waals surface area contributed by atoms with Gasteiger partial charge in [-0.1, -0.05) is 91.0 Å². The van der Waals surface area contributed by atoms with Crippen LogP contribution in [0.5, 0.6) is 0 Å². The highest BCUT2D eigenvalue weighted by molar-refractivity contribution is 5.47. The SMILES string of the molecule is [N-]=[N+]=NOC(c1ccccc1)(c1ccccc1)c1ccccc1. The van der Waals surface area contributed by atoms with Gasteiger partial charge in [-0.3, -0.25) is 0 Å². The van der Waals surface area contributed by atoms with Gasteiger partial charge < -0.3 is 4.84 Å². The Morgan fingerprint density at radius 3 is 1.30 bits per heavy atom. The average Bonchev–Trinajstić information content (AvgIpc) is 2.65. The van der Waals surface area contributed by atoms with Gasteiger partial charge in [-0.05, 0) is 5.53 Å². The van der Waals surface area contributed by atoms with Crippen LogP contribution in [0.15, 0.2) is 96.3 Å². The minimum Gasteiger partial charge on any atom is -0.412 e. The van der Waals surface area contributed by atoms with Crippen molar-refractivity contribution in [1.82, 2.24) is 0 Å². The molecule has 3 aromatic carbocycles. The Morgan fingerprint density at radius 2 is 1.00 bits per heavy atom. The second kappa shape index (κ2) is 6.69. The predicted molar refractivity (Wildman–Crippen MR) is 89.4 cm³/mol. The maximum absolute atomic E-state index is 8.80. The molecule has 23 heavy (non-hydrogen) atoms. The molecule has 0 aliphatic carbocycles. The van der Waals surface area contributed by atoms with E-state index < -0.39 is 5.60 Å². The molecule has 0 aliphatic heterocycles. The van der Waals surface area contributed by atoms with Crippen molar-refractivity contribution in [2.45, 2.75) is 5.60 Å². The summed E-state index contributed by atoms with van der Waals surface area (Å²) in [5, 5.41) is 3.45.